The van der Waals surface area contributed by atoms with Crippen molar-refractivity contribution in [3.8, 4) is 0 Å². The summed E-state index contributed by atoms with van der Waals surface area (Å²) in [7, 11) is 0. The number of aromatic nitrogens is 2. The summed E-state index contributed by atoms with van der Waals surface area (Å²) in [6.07, 6.45) is 4.74. The third-order valence-corrected chi connectivity index (χ3v) is 3.30. The first kappa shape index (κ1) is 10.2. The molecule has 0 atom stereocenters. The van der Waals surface area contributed by atoms with Gasteiger partial charge >= 0.3 is 0 Å². The van der Waals surface area contributed by atoms with Gasteiger partial charge in [0.2, 0.25) is 0 Å². The van der Waals surface area contributed by atoms with E-state index in [1.807, 2.05) is 0 Å². The average Bonchev–Trinajstić information content (AvgIpc) is 2.52. The molecule has 2 rings (SSSR count). The van der Waals surface area contributed by atoms with Gasteiger partial charge < -0.3 is 0 Å². The maximum atomic E-state index is 5.85. The number of hydrogen-bond donors (Lipinski definition) is 0. The van der Waals surface area contributed by atoms with Crippen molar-refractivity contribution in [3.63, 3.8) is 0 Å². The lowest BCUT2D eigenvalue weighted by molar-refractivity contribution is 0.458. The summed E-state index contributed by atoms with van der Waals surface area (Å²) in [6, 6.07) is 1.57. The minimum absolute atomic E-state index is 0.0779. The molecule has 0 N–H and O–H groups in total. The summed E-state index contributed by atoms with van der Waals surface area (Å²) in [4.78, 5) is 8.52. The molecule has 0 amide bonds. The van der Waals surface area contributed by atoms with Gasteiger partial charge in [-0.05, 0) is 12.8 Å². The van der Waals surface area contributed by atoms with Crippen LogP contribution in [0.4, 0.5) is 0 Å². The SMILES string of the molecule is CC1(c2nc(Cl)cc(Cl)n2)CCCC1. The zero-order valence-corrected chi connectivity index (χ0v) is 9.57. The van der Waals surface area contributed by atoms with Crippen LogP contribution in [0.15, 0.2) is 6.07 Å². The molecule has 14 heavy (non-hydrogen) atoms. The summed E-state index contributed by atoms with van der Waals surface area (Å²) in [6.45, 7) is 2.18. The molecule has 76 valence electrons. The van der Waals surface area contributed by atoms with Crippen molar-refractivity contribution in [2.45, 2.75) is 38.0 Å². The fourth-order valence-electron chi connectivity index (χ4n) is 2.04. The molecular weight excluding hydrogens is 219 g/mol. The molecule has 1 aliphatic rings. The Morgan fingerprint density at radius 1 is 1.14 bits per heavy atom. The number of nitrogens with zero attached hydrogens (tertiary/aromatic N) is 2. The highest BCUT2D eigenvalue weighted by molar-refractivity contribution is 6.33. The molecule has 0 bridgehead atoms. The predicted molar refractivity (Wildman–Crippen MR) is 57.9 cm³/mol. The van der Waals surface area contributed by atoms with E-state index in [0.717, 1.165) is 18.7 Å². The topological polar surface area (TPSA) is 25.8 Å². The first-order chi connectivity index (χ1) is 6.60. The van der Waals surface area contributed by atoms with Gasteiger partial charge in [-0.3, -0.25) is 0 Å². The average molecular weight is 231 g/mol. The van der Waals surface area contributed by atoms with E-state index in [9.17, 15) is 0 Å². The molecule has 1 aromatic heterocycles. The fraction of sp³-hybridized carbons (Fsp3) is 0.600. The second-order valence-electron chi connectivity index (χ2n) is 4.10. The van der Waals surface area contributed by atoms with Crippen molar-refractivity contribution in [2.75, 3.05) is 0 Å². The van der Waals surface area contributed by atoms with Gasteiger partial charge in [-0.25, -0.2) is 9.97 Å². The summed E-state index contributed by atoms with van der Waals surface area (Å²) in [5, 5.41) is 0.876. The summed E-state index contributed by atoms with van der Waals surface area (Å²) in [5.74, 6) is 0.799. The van der Waals surface area contributed by atoms with Crippen molar-refractivity contribution in [1.82, 2.24) is 9.97 Å². The van der Waals surface area contributed by atoms with E-state index in [1.165, 1.54) is 12.8 Å². The summed E-state index contributed by atoms with van der Waals surface area (Å²) >= 11 is 11.7. The molecule has 4 heteroatoms. The van der Waals surface area contributed by atoms with E-state index >= 15 is 0 Å². The third-order valence-electron chi connectivity index (χ3n) is 2.91. The van der Waals surface area contributed by atoms with Crippen LogP contribution in [-0.4, -0.2) is 9.97 Å². The van der Waals surface area contributed by atoms with Gasteiger partial charge in [-0.15, -0.1) is 0 Å². The normalized spacial score (nSPS) is 19.9. The molecule has 1 fully saturated rings. The Labute approximate surface area is 93.7 Å². The Kier molecular flexibility index (Phi) is 2.67. The first-order valence-electron chi connectivity index (χ1n) is 4.81. The molecule has 1 heterocycles. The molecule has 0 aromatic carbocycles. The van der Waals surface area contributed by atoms with Crippen LogP contribution >= 0.6 is 23.2 Å². The monoisotopic (exact) mass is 230 g/mol. The first-order valence-corrected chi connectivity index (χ1v) is 5.56. The molecule has 1 aromatic rings. The fourth-order valence-corrected chi connectivity index (χ4v) is 2.46. The van der Waals surface area contributed by atoms with E-state index in [-0.39, 0.29) is 5.41 Å². The van der Waals surface area contributed by atoms with Gasteiger partial charge in [0.25, 0.3) is 0 Å². The van der Waals surface area contributed by atoms with Gasteiger partial charge in [0.1, 0.15) is 16.1 Å². The molecule has 0 radical (unpaired) electrons. The van der Waals surface area contributed by atoms with Crippen molar-refractivity contribution in [2.24, 2.45) is 0 Å². The molecule has 1 aliphatic carbocycles. The lowest BCUT2D eigenvalue weighted by Gasteiger charge is -2.21. The summed E-state index contributed by atoms with van der Waals surface area (Å²) < 4.78 is 0. The van der Waals surface area contributed by atoms with Crippen molar-refractivity contribution in [3.05, 3.63) is 22.2 Å². The van der Waals surface area contributed by atoms with Crippen molar-refractivity contribution < 1.29 is 0 Å². The van der Waals surface area contributed by atoms with Crippen LogP contribution in [0, 0.1) is 0 Å². The lowest BCUT2D eigenvalue weighted by Crippen LogP contribution is -2.20. The Bertz CT molecular complexity index is 326. The zero-order chi connectivity index (χ0) is 10.2. The van der Waals surface area contributed by atoms with E-state index in [0.29, 0.717) is 10.3 Å². The van der Waals surface area contributed by atoms with Crippen LogP contribution in [0.2, 0.25) is 10.3 Å². The highest BCUT2D eigenvalue weighted by Crippen LogP contribution is 2.39. The van der Waals surface area contributed by atoms with E-state index in [1.54, 1.807) is 6.07 Å². The predicted octanol–water partition coefficient (Wildman–Crippen LogP) is 3.62. The molecule has 0 unspecified atom stereocenters. The Morgan fingerprint density at radius 2 is 1.64 bits per heavy atom. The molecule has 2 nitrogen and oxygen atoms in total. The number of halogens is 2. The molecule has 0 saturated heterocycles. The number of rotatable bonds is 1. The van der Waals surface area contributed by atoms with E-state index < -0.39 is 0 Å². The summed E-state index contributed by atoms with van der Waals surface area (Å²) in [5.41, 5.74) is 0.0779. The minimum Gasteiger partial charge on any atom is -0.221 e. The van der Waals surface area contributed by atoms with E-state index in [2.05, 4.69) is 16.9 Å². The molecule has 0 aliphatic heterocycles. The van der Waals surface area contributed by atoms with Gasteiger partial charge in [0.05, 0.1) is 0 Å². The van der Waals surface area contributed by atoms with Crippen molar-refractivity contribution >= 4 is 23.2 Å². The Morgan fingerprint density at radius 3 is 2.14 bits per heavy atom. The van der Waals surface area contributed by atoms with Crippen molar-refractivity contribution in [1.29, 1.82) is 0 Å². The maximum Gasteiger partial charge on any atom is 0.137 e. The van der Waals surface area contributed by atoms with Gasteiger partial charge in [-0.1, -0.05) is 43.0 Å². The smallest absolute Gasteiger partial charge is 0.137 e. The Balaban J connectivity index is 2.40. The third kappa shape index (κ3) is 1.86. The van der Waals surface area contributed by atoms with E-state index in [4.69, 9.17) is 23.2 Å². The standard InChI is InChI=1S/C10H12Cl2N2/c1-10(4-2-3-5-10)9-13-7(11)6-8(12)14-9/h6H,2-5H2,1H3. The Hall–Kier alpha value is -0.340. The molecule has 1 saturated carbocycles. The molecule has 0 spiro atoms. The van der Waals surface area contributed by atoms with Crippen LogP contribution < -0.4 is 0 Å². The van der Waals surface area contributed by atoms with Gasteiger partial charge in [0.15, 0.2) is 0 Å². The lowest BCUT2D eigenvalue weighted by atomic mass is 9.88. The minimum atomic E-state index is 0.0779. The van der Waals surface area contributed by atoms with Gasteiger partial charge in [0, 0.05) is 11.5 Å². The zero-order valence-electron chi connectivity index (χ0n) is 8.06. The number of hydrogen-bond acceptors (Lipinski definition) is 2. The van der Waals surface area contributed by atoms with Crippen LogP contribution in [0.1, 0.15) is 38.4 Å². The van der Waals surface area contributed by atoms with Crippen LogP contribution in [0.5, 0.6) is 0 Å². The van der Waals surface area contributed by atoms with Crippen LogP contribution in [-0.2, 0) is 5.41 Å². The molecular formula is C10H12Cl2N2. The van der Waals surface area contributed by atoms with Gasteiger partial charge in [-0.2, -0.15) is 0 Å². The maximum absolute atomic E-state index is 5.85. The second-order valence-corrected chi connectivity index (χ2v) is 4.88. The quantitative estimate of drug-likeness (QED) is 0.690. The second kappa shape index (κ2) is 3.67. The highest BCUT2D eigenvalue weighted by Gasteiger charge is 2.33. The highest BCUT2D eigenvalue weighted by atomic mass is 35.5. The van der Waals surface area contributed by atoms with Crippen LogP contribution in [0.25, 0.3) is 0 Å². The largest absolute Gasteiger partial charge is 0.221 e. The van der Waals surface area contributed by atoms with Crippen LogP contribution in [0.3, 0.4) is 0 Å².